The van der Waals surface area contributed by atoms with Gasteiger partial charge < -0.3 is 20.5 Å². The van der Waals surface area contributed by atoms with E-state index in [2.05, 4.69) is 27.9 Å². The van der Waals surface area contributed by atoms with Crippen molar-refractivity contribution < 1.29 is 9.84 Å². The Morgan fingerprint density at radius 3 is 2.92 bits per heavy atom. The molecule has 0 spiro atoms. The van der Waals surface area contributed by atoms with Crippen LogP contribution in [0.15, 0.2) is 29.3 Å². The molecule has 3 N–H and O–H groups in total. The minimum Gasteiger partial charge on any atom is -0.396 e. The summed E-state index contributed by atoms with van der Waals surface area (Å²) in [5.41, 5.74) is 1.20. The van der Waals surface area contributed by atoms with Crippen LogP contribution in [0.3, 0.4) is 0 Å². The van der Waals surface area contributed by atoms with Gasteiger partial charge in [0.2, 0.25) is 0 Å². The van der Waals surface area contributed by atoms with E-state index in [-0.39, 0.29) is 12.0 Å². The lowest BCUT2D eigenvalue weighted by Crippen LogP contribution is -2.45. The van der Waals surface area contributed by atoms with Gasteiger partial charge in [-0.05, 0) is 36.8 Å². The molecule has 1 saturated heterocycles. The summed E-state index contributed by atoms with van der Waals surface area (Å²) in [5, 5.41) is 17.2. The molecule has 0 aromatic heterocycles. The second-order valence-corrected chi connectivity index (χ2v) is 7.84. The van der Waals surface area contributed by atoms with Crippen molar-refractivity contribution in [2.45, 2.75) is 18.1 Å². The molecule has 2 rings (SSSR count). The van der Waals surface area contributed by atoms with Crippen molar-refractivity contribution in [1.29, 1.82) is 0 Å². The highest BCUT2D eigenvalue weighted by Gasteiger charge is 2.34. The van der Waals surface area contributed by atoms with E-state index in [4.69, 9.17) is 16.3 Å². The molecule has 1 aromatic rings. The number of rotatable bonds is 8. The smallest absolute Gasteiger partial charge is 0.191 e. The van der Waals surface area contributed by atoms with E-state index in [0.29, 0.717) is 11.9 Å². The van der Waals surface area contributed by atoms with Crippen LogP contribution in [0.5, 0.6) is 0 Å². The number of ether oxygens (including phenoxy) is 1. The van der Waals surface area contributed by atoms with Crippen molar-refractivity contribution in [1.82, 2.24) is 10.6 Å². The van der Waals surface area contributed by atoms with E-state index in [9.17, 15) is 5.11 Å². The summed E-state index contributed by atoms with van der Waals surface area (Å²) in [6.45, 7) is 3.13. The number of hydrogen-bond donors (Lipinski definition) is 3. The Balaban J connectivity index is 1.88. The molecule has 0 bridgehead atoms. The Hall–Kier alpha value is -0.950. The highest BCUT2D eigenvalue weighted by Crippen LogP contribution is 2.31. The third-order valence-electron chi connectivity index (χ3n) is 4.64. The molecule has 25 heavy (non-hydrogen) atoms. The summed E-state index contributed by atoms with van der Waals surface area (Å²) < 4.78 is 5.54. The highest BCUT2D eigenvalue weighted by atomic mass is 35.5. The fourth-order valence-corrected chi connectivity index (χ4v) is 3.90. The normalized spacial score (nSPS) is 22.0. The topological polar surface area (TPSA) is 65.9 Å². The first-order valence-corrected chi connectivity index (χ1v) is 10.2. The minimum absolute atomic E-state index is 0.00175. The molecule has 7 heteroatoms. The molecule has 1 aromatic carbocycles. The number of halogens is 1. The first kappa shape index (κ1) is 20.4. The number of nitrogens with one attached hydrogen (secondary N) is 2. The SMILES string of the molecule is CN=C(NCC(SC)c1cccc(Cl)c1)NCC1(CCO)CCOC1. The van der Waals surface area contributed by atoms with Gasteiger partial charge >= 0.3 is 0 Å². The van der Waals surface area contributed by atoms with Gasteiger partial charge in [-0.2, -0.15) is 11.8 Å². The molecule has 5 nitrogen and oxygen atoms in total. The van der Waals surface area contributed by atoms with Gasteiger partial charge in [-0.25, -0.2) is 0 Å². The van der Waals surface area contributed by atoms with E-state index in [0.717, 1.165) is 43.5 Å². The second-order valence-electron chi connectivity index (χ2n) is 6.36. The number of aliphatic hydroxyl groups is 1. The number of guanidine groups is 1. The van der Waals surface area contributed by atoms with Crippen LogP contribution in [0.2, 0.25) is 5.02 Å². The summed E-state index contributed by atoms with van der Waals surface area (Å²) in [4.78, 5) is 4.31. The molecule has 1 fully saturated rings. The van der Waals surface area contributed by atoms with Crippen LogP contribution >= 0.6 is 23.4 Å². The quantitative estimate of drug-likeness (QED) is 0.474. The molecule has 2 atom stereocenters. The third-order valence-corrected chi connectivity index (χ3v) is 5.88. The molecule has 1 heterocycles. The number of hydrogen-bond acceptors (Lipinski definition) is 4. The first-order valence-electron chi connectivity index (χ1n) is 8.54. The Kier molecular flexibility index (Phi) is 8.36. The largest absolute Gasteiger partial charge is 0.396 e. The Bertz CT molecular complexity index is 565. The number of benzene rings is 1. The average molecular weight is 386 g/mol. The fraction of sp³-hybridized carbons (Fsp3) is 0.611. The lowest BCUT2D eigenvalue weighted by Gasteiger charge is -2.28. The molecule has 1 aliphatic heterocycles. The lowest BCUT2D eigenvalue weighted by atomic mass is 9.84. The molecule has 140 valence electrons. The maximum Gasteiger partial charge on any atom is 0.191 e. The summed E-state index contributed by atoms with van der Waals surface area (Å²) in [6.07, 6.45) is 3.80. The van der Waals surface area contributed by atoms with Gasteiger partial charge in [0.05, 0.1) is 6.61 Å². The number of aliphatic imine (C=N–C) groups is 1. The van der Waals surface area contributed by atoms with Gasteiger partial charge in [0.1, 0.15) is 0 Å². The van der Waals surface area contributed by atoms with Gasteiger partial charge in [-0.15, -0.1) is 0 Å². The molecule has 0 aliphatic carbocycles. The van der Waals surface area contributed by atoms with Crippen molar-refractivity contribution >= 4 is 29.3 Å². The fourth-order valence-electron chi connectivity index (χ4n) is 3.04. The van der Waals surface area contributed by atoms with Crippen molar-refractivity contribution in [3.63, 3.8) is 0 Å². The zero-order valence-electron chi connectivity index (χ0n) is 14.9. The van der Waals surface area contributed by atoms with Crippen LogP contribution in [-0.4, -0.2) is 57.3 Å². The van der Waals surface area contributed by atoms with Crippen LogP contribution in [0, 0.1) is 5.41 Å². The van der Waals surface area contributed by atoms with Gasteiger partial charge in [-0.1, -0.05) is 23.7 Å². The molecule has 0 amide bonds. The molecular weight excluding hydrogens is 358 g/mol. The average Bonchev–Trinajstić information content (AvgIpc) is 3.07. The molecule has 1 aliphatic rings. The van der Waals surface area contributed by atoms with Gasteiger partial charge in [0, 0.05) is 49.0 Å². The van der Waals surface area contributed by atoms with E-state index >= 15 is 0 Å². The summed E-state index contributed by atoms with van der Waals surface area (Å²) in [5.74, 6) is 0.769. The minimum atomic E-state index is -0.00175. The van der Waals surface area contributed by atoms with Crippen molar-refractivity contribution in [3.8, 4) is 0 Å². The van der Waals surface area contributed by atoms with Crippen molar-refractivity contribution in [3.05, 3.63) is 34.9 Å². The van der Waals surface area contributed by atoms with E-state index in [1.807, 2.05) is 18.2 Å². The first-order chi connectivity index (χ1) is 12.1. The Labute approximate surface area is 159 Å². The predicted molar refractivity (Wildman–Crippen MR) is 107 cm³/mol. The number of nitrogens with zero attached hydrogens (tertiary/aromatic N) is 1. The maximum atomic E-state index is 9.33. The van der Waals surface area contributed by atoms with E-state index in [1.54, 1.807) is 18.8 Å². The summed E-state index contributed by atoms with van der Waals surface area (Å²) in [6, 6.07) is 7.97. The summed E-state index contributed by atoms with van der Waals surface area (Å²) >= 11 is 7.88. The highest BCUT2D eigenvalue weighted by molar-refractivity contribution is 7.98. The van der Waals surface area contributed by atoms with Crippen LogP contribution < -0.4 is 10.6 Å². The van der Waals surface area contributed by atoms with Crippen LogP contribution in [-0.2, 0) is 4.74 Å². The van der Waals surface area contributed by atoms with E-state index < -0.39 is 0 Å². The van der Waals surface area contributed by atoms with Crippen LogP contribution in [0.4, 0.5) is 0 Å². The van der Waals surface area contributed by atoms with Crippen LogP contribution in [0.1, 0.15) is 23.7 Å². The Morgan fingerprint density at radius 2 is 2.32 bits per heavy atom. The zero-order valence-corrected chi connectivity index (χ0v) is 16.5. The van der Waals surface area contributed by atoms with Gasteiger partial charge in [0.15, 0.2) is 5.96 Å². The van der Waals surface area contributed by atoms with Crippen LogP contribution in [0.25, 0.3) is 0 Å². The van der Waals surface area contributed by atoms with Gasteiger partial charge in [-0.3, -0.25) is 4.99 Å². The maximum absolute atomic E-state index is 9.33. The second kappa shape index (κ2) is 10.3. The molecule has 0 saturated carbocycles. The van der Waals surface area contributed by atoms with Gasteiger partial charge in [0.25, 0.3) is 0 Å². The van der Waals surface area contributed by atoms with Crippen molar-refractivity contribution in [2.24, 2.45) is 10.4 Å². The standard InChI is InChI=1S/C18H28ClN3O2S/c1-20-17(22-12-18(6-8-23)7-9-24-13-18)21-11-16(25-2)14-4-3-5-15(19)10-14/h3-5,10,16,23H,6-9,11-13H2,1-2H3,(H2,20,21,22). The predicted octanol–water partition coefficient (Wildman–Crippen LogP) is 2.70. The summed E-state index contributed by atoms with van der Waals surface area (Å²) in [7, 11) is 1.77. The third kappa shape index (κ3) is 6.06. The van der Waals surface area contributed by atoms with Crippen molar-refractivity contribution in [2.75, 3.05) is 46.2 Å². The monoisotopic (exact) mass is 385 g/mol. The molecule has 0 radical (unpaired) electrons. The lowest BCUT2D eigenvalue weighted by molar-refractivity contribution is 0.127. The zero-order chi connectivity index (χ0) is 18.1. The Morgan fingerprint density at radius 1 is 1.48 bits per heavy atom. The van der Waals surface area contributed by atoms with E-state index in [1.165, 1.54) is 5.56 Å². The number of thioether (sulfide) groups is 1. The molecule has 2 unspecified atom stereocenters. The molecular formula is C18H28ClN3O2S. The number of aliphatic hydroxyl groups excluding tert-OH is 1.